The topological polar surface area (TPSA) is 32.3 Å². The summed E-state index contributed by atoms with van der Waals surface area (Å²) in [5, 5.41) is 3.64. The zero-order valence-corrected chi connectivity index (χ0v) is 13.0. The maximum absolute atomic E-state index is 12.1. The molecule has 0 saturated heterocycles. The van der Waals surface area contributed by atoms with Crippen molar-refractivity contribution < 1.29 is 4.79 Å². The molecule has 0 unspecified atom stereocenters. The first-order valence-electron chi connectivity index (χ1n) is 7.33. The molecule has 1 N–H and O–H groups in total. The lowest BCUT2D eigenvalue weighted by atomic mass is 9.94. The molecule has 1 saturated carbocycles. The van der Waals surface area contributed by atoms with Crippen molar-refractivity contribution in [1.82, 2.24) is 4.90 Å². The highest BCUT2D eigenvalue weighted by molar-refractivity contribution is 6.31. The first-order valence-corrected chi connectivity index (χ1v) is 7.71. The number of rotatable bonds is 4. The second-order valence-corrected chi connectivity index (χ2v) is 6.07. The first-order chi connectivity index (χ1) is 9.58. The van der Waals surface area contributed by atoms with Gasteiger partial charge in [-0.25, -0.2) is 0 Å². The number of hydrogen-bond acceptors (Lipinski definition) is 2. The van der Waals surface area contributed by atoms with E-state index in [4.69, 9.17) is 11.6 Å². The summed E-state index contributed by atoms with van der Waals surface area (Å²) in [5.41, 5.74) is 1.72. The van der Waals surface area contributed by atoms with Crippen molar-refractivity contribution in [1.29, 1.82) is 0 Å². The monoisotopic (exact) mass is 294 g/mol. The van der Waals surface area contributed by atoms with Crippen LogP contribution >= 0.6 is 11.6 Å². The summed E-state index contributed by atoms with van der Waals surface area (Å²) in [6.07, 6.45) is 6.31. The van der Waals surface area contributed by atoms with Gasteiger partial charge in [0, 0.05) is 16.8 Å². The van der Waals surface area contributed by atoms with Crippen LogP contribution in [0.4, 0.5) is 5.69 Å². The molecule has 2 rings (SSSR count). The average molecular weight is 295 g/mol. The van der Waals surface area contributed by atoms with Gasteiger partial charge in [0.2, 0.25) is 5.91 Å². The van der Waals surface area contributed by atoms with E-state index >= 15 is 0 Å². The second kappa shape index (κ2) is 7.09. The zero-order valence-electron chi connectivity index (χ0n) is 12.3. The van der Waals surface area contributed by atoms with E-state index in [-0.39, 0.29) is 5.91 Å². The van der Waals surface area contributed by atoms with Gasteiger partial charge in [0.25, 0.3) is 0 Å². The lowest BCUT2D eigenvalue weighted by molar-refractivity contribution is -0.117. The van der Waals surface area contributed by atoms with Gasteiger partial charge in [0.1, 0.15) is 0 Å². The number of anilines is 1. The molecule has 1 aliphatic rings. The summed E-state index contributed by atoms with van der Waals surface area (Å²) < 4.78 is 0. The van der Waals surface area contributed by atoms with Crippen LogP contribution in [0.15, 0.2) is 18.2 Å². The lowest BCUT2D eigenvalue weighted by Crippen LogP contribution is -2.39. The Kier molecular flexibility index (Phi) is 5.44. The number of hydrogen-bond donors (Lipinski definition) is 1. The predicted octanol–water partition coefficient (Wildman–Crippen LogP) is 3.85. The van der Waals surface area contributed by atoms with Crippen molar-refractivity contribution in [3.8, 4) is 0 Å². The van der Waals surface area contributed by atoms with Gasteiger partial charge in [-0.3, -0.25) is 9.69 Å². The van der Waals surface area contributed by atoms with Crippen LogP contribution in [0.1, 0.15) is 37.7 Å². The molecule has 1 amide bonds. The Labute approximate surface area is 126 Å². The third-order valence-electron chi connectivity index (χ3n) is 4.13. The van der Waals surface area contributed by atoms with E-state index in [1.165, 1.54) is 32.1 Å². The van der Waals surface area contributed by atoms with Crippen LogP contribution < -0.4 is 5.32 Å². The zero-order chi connectivity index (χ0) is 14.5. The number of nitrogens with one attached hydrogen (secondary N) is 1. The Morgan fingerprint density at radius 1 is 1.35 bits per heavy atom. The maximum Gasteiger partial charge on any atom is 0.238 e. The van der Waals surface area contributed by atoms with Gasteiger partial charge in [-0.2, -0.15) is 0 Å². The summed E-state index contributed by atoms with van der Waals surface area (Å²) in [7, 11) is 2.04. The van der Waals surface area contributed by atoms with Gasteiger partial charge in [-0.15, -0.1) is 0 Å². The fraction of sp³-hybridized carbons (Fsp3) is 0.562. The molecule has 110 valence electrons. The smallest absolute Gasteiger partial charge is 0.238 e. The van der Waals surface area contributed by atoms with E-state index in [9.17, 15) is 4.79 Å². The Balaban J connectivity index is 1.90. The molecule has 1 aromatic carbocycles. The van der Waals surface area contributed by atoms with E-state index in [2.05, 4.69) is 10.2 Å². The fourth-order valence-corrected chi connectivity index (χ4v) is 2.98. The number of carbonyl (C=O) groups excluding carboxylic acids is 1. The van der Waals surface area contributed by atoms with Crippen LogP contribution in [0.3, 0.4) is 0 Å². The van der Waals surface area contributed by atoms with Gasteiger partial charge in [0.05, 0.1) is 6.54 Å². The van der Waals surface area contributed by atoms with Gasteiger partial charge < -0.3 is 5.32 Å². The Morgan fingerprint density at radius 3 is 2.75 bits per heavy atom. The summed E-state index contributed by atoms with van der Waals surface area (Å²) in [5.74, 6) is 0.0310. The summed E-state index contributed by atoms with van der Waals surface area (Å²) in [6.45, 7) is 2.36. The van der Waals surface area contributed by atoms with E-state index < -0.39 is 0 Å². The fourth-order valence-electron chi connectivity index (χ4n) is 2.81. The predicted molar refractivity (Wildman–Crippen MR) is 84.3 cm³/mol. The van der Waals surface area contributed by atoms with Crippen molar-refractivity contribution in [2.75, 3.05) is 18.9 Å². The largest absolute Gasteiger partial charge is 0.325 e. The van der Waals surface area contributed by atoms with Crippen LogP contribution in [0.5, 0.6) is 0 Å². The number of nitrogens with zero attached hydrogens (tertiary/aromatic N) is 1. The van der Waals surface area contributed by atoms with Crippen molar-refractivity contribution in [2.45, 2.75) is 45.1 Å². The SMILES string of the molecule is Cc1c(Cl)cccc1NC(=O)CN(C)C1CCCCC1. The minimum absolute atomic E-state index is 0.0310. The number of benzene rings is 1. The molecule has 0 heterocycles. The van der Waals surface area contributed by atoms with Crippen molar-refractivity contribution in [3.05, 3.63) is 28.8 Å². The quantitative estimate of drug-likeness (QED) is 0.915. The highest BCUT2D eigenvalue weighted by atomic mass is 35.5. The van der Waals surface area contributed by atoms with Crippen LogP contribution in [-0.4, -0.2) is 30.4 Å². The molecular formula is C16H23ClN2O. The van der Waals surface area contributed by atoms with Crippen LogP contribution in [0, 0.1) is 6.92 Å². The number of carbonyl (C=O) groups is 1. The standard InChI is InChI=1S/C16H23ClN2O/c1-12-14(17)9-6-10-15(12)18-16(20)11-19(2)13-7-4-3-5-8-13/h6,9-10,13H,3-5,7-8,11H2,1-2H3,(H,18,20). The summed E-state index contributed by atoms with van der Waals surface area (Å²) >= 11 is 6.06. The third kappa shape index (κ3) is 3.97. The van der Waals surface area contributed by atoms with E-state index in [0.717, 1.165) is 11.3 Å². The normalized spacial score (nSPS) is 16.4. The molecule has 0 atom stereocenters. The van der Waals surface area contributed by atoms with E-state index in [1.54, 1.807) is 0 Å². The minimum Gasteiger partial charge on any atom is -0.325 e. The average Bonchev–Trinajstić information content (AvgIpc) is 2.45. The van der Waals surface area contributed by atoms with Gasteiger partial charge in [0.15, 0.2) is 0 Å². The third-order valence-corrected chi connectivity index (χ3v) is 4.54. The van der Waals surface area contributed by atoms with Crippen molar-refractivity contribution in [3.63, 3.8) is 0 Å². The molecule has 3 nitrogen and oxygen atoms in total. The number of likely N-dealkylation sites (N-methyl/N-ethyl adjacent to an activating group) is 1. The van der Waals surface area contributed by atoms with E-state index in [1.807, 2.05) is 32.2 Å². The molecule has 0 aromatic heterocycles. The Hall–Kier alpha value is -1.06. The lowest BCUT2D eigenvalue weighted by Gasteiger charge is -2.30. The molecular weight excluding hydrogens is 272 g/mol. The second-order valence-electron chi connectivity index (χ2n) is 5.67. The number of amides is 1. The maximum atomic E-state index is 12.1. The molecule has 0 bridgehead atoms. The molecule has 1 aromatic rings. The van der Waals surface area contributed by atoms with Gasteiger partial charge in [-0.1, -0.05) is 36.9 Å². The minimum atomic E-state index is 0.0310. The van der Waals surface area contributed by atoms with Crippen LogP contribution in [0.25, 0.3) is 0 Å². The van der Waals surface area contributed by atoms with Crippen LogP contribution in [-0.2, 0) is 4.79 Å². The molecule has 1 fully saturated rings. The van der Waals surface area contributed by atoms with Crippen molar-refractivity contribution >= 4 is 23.2 Å². The molecule has 4 heteroatoms. The summed E-state index contributed by atoms with van der Waals surface area (Å²) in [4.78, 5) is 14.3. The van der Waals surface area contributed by atoms with Gasteiger partial charge in [-0.05, 0) is 44.5 Å². The Bertz CT molecular complexity index is 470. The highest BCUT2D eigenvalue weighted by Gasteiger charge is 2.20. The first kappa shape index (κ1) is 15.3. The molecule has 20 heavy (non-hydrogen) atoms. The van der Waals surface area contributed by atoms with Gasteiger partial charge >= 0.3 is 0 Å². The molecule has 1 aliphatic carbocycles. The summed E-state index contributed by atoms with van der Waals surface area (Å²) in [6, 6.07) is 6.13. The molecule has 0 spiro atoms. The van der Waals surface area contributed by atoms with Crippen LogP contribution in [0.2, 0.25) is 5.02 Å². The number of halogens is 1. The molecule has 0 radical (unpaired) electrons. The van der Waals surface area contributed by atoms with Crippen molar-refractivity contribution in [2.24, 2.45) is 0 Å². The Morgan fingerprint density at radius 2 is 2.05 bits per heavy atom. The van der Waals surface area contributed by atoms with E-state index in [0.29, 0.717) is 17.6 Å². The highest BCUT2D eigenvalue weighted by Crippen LogP contribution is 2.24. The molecule has 0 aliphatic heterocycles.